The number of aromatic amines is 1. The SMILES string of the molecule is Cn1nccc1C(=O)N1CC[C@H](c2cc(COc3cccc(Cl)c3)[nH]n2)C1. The molecule has 3 aromatic rings. The van der Waals surface area contributed by atoms with Gasteiger partial charge in [-0.25, -0.2) is 0 Å². The fourth-order valence-corrected chi connectivity index (χ4v) is 3.49. The molecule has 1 amide bonds. The van der Waals surface area contributed by atoms with Crippen molar-refractivity contribution in [2.45, 2.75) is 18.9 Å². The van der Waals surface area contributed by atoms with Crippen LogP contribution >= 0.6 is 11.6 Å². The van der Waals surface area contributed by atoms with E-state index >= 15 is 0 Å². The Bertz CT molecular complexity index is 951. The molecule has 1 aliphatic rings. The van der Waals surface area contributed by atoms with Crippen LogP contribution in [0.3, 0.4) is 0 Å². The minimum Gasteiger partial charge on any atom is -0.487 e. The number of benzene rings is 1. The molecule has 1 aromatic carbocycles. The van der Waals surface area contributed by atoms with Gasteiger partial charge in [0.25, 0.3) is 5.91 Å². The minimum atomic E-state index is 0.0116. The Labute approximate surface area is 161 Å². The van der Waals surface area contributed by atoms with Crippen LogP contribution in [0.1, 0.15) is 34.2 Å². The van der Waals surface area contributed by atoms with Crippen LogP contribution in [0.25, 0.3) is 0 Å². The molecule has 0 radical (unpaired) electrons. The predicted octanol–water partition coefficient (Wildman–Crippen LogP) is 3.01. The topological polar surface area (TPSA) is 76.0 Å². The monoisotopic (exact) mass is 385 g/mol. The summed E-state index contributed by atoms with van der Waals surface area (Å²) in [5.41, 5.74) is 2.45. The third-order valence-electron chi connectivity index (χ3n) is 4.77. The Morgan fingerprint density at radius 3 is 3.04 bits per heavy atom. The highest BCUT2D eigenvalue weighted by molar-refractivity contribution is 6.30. The molecule has 4 rings (SSSR count). The first kappa shape index (κ1) is 17.6. The third-order valence-corrected chi connectivity index (χ3v) is 5.01. The number of hydrogen-bond acceptors (Lipinski definition) is 4. The highest BCUT2D eigenvalue weighted by Gasteiger charge is 2.30. The Morgan fingerprint density at radius 2 is 2.26 bits per heavy atom. The second-order valence-corrected chi connectivity index (χ2v) is 7.08. The van der Waals surface area contributed by atoms with Crippen molar-refractivity contribution in [1.82, 2.24) is 24.9 Å². The molecule has 27 heavy (non-hydrogen) atoms. The number of aromatic nitrogens is 4. The first-order valence-corrected chi connectivity index (χ1v) is 9.18. The van der Waals surface area contributed by atoms with E-state index in [9.17, 15) is 4.79 Å². The second-order valence-electron chi connectivity index (χ2n) is 6.64. The maximum absolute atomic E-state index is 12.6. The molecule has 0 spiro atoms. The molecule has 1 fully saturated rings. The average molecular weight is 386 g/mol. The first-order valence-electron chi connectivity index (χ1n) is 8.80. The summed E-state index contributed by atoms with van der Waals surface area (Å²) in [5, 5.41) is 12.1. The van der Waals surface area contributed by atoms with Crippen molar-refractivity contribution in [3.8, 4) is 5.75 Å². The fraction of sp³-hybridized carbons (Fsp3) is 0.316. The molecule has 0 aliphatic carbocycles. The van der Waals surface area contributed by atoms with Crippen molar-refractivity contribution in [3.05, 3.63) is 64.7 Å². The van der Waals surface area contributed by atoms with Crippen molar-refractivity contribution < 1.29 is 9.53 Å². The molecule has 0 saturated carbocycles. The minimum absolute atomic E-state index is 0.0116. The molecule has 140 valence electrons. The molecule has 1 saturated heterocycles. The Morgan fingerprint density at radius 1 is 1.37 bits per heavy atom. The fourth-order valence-electron chi connectivity index (χ4n) is 3.31. The van der Waals surface area contributed by atoms with E-state index in [0.717, 1.165) is 24.4 Å². The van der Waals surface area contributed by atoms with Crippen LogP contribution in [-0.2, 0) is 13.7 Å². The largest absolute Gasteiger partial charge is 0.487 e. The summed E-state index contributed by atoms with van der Waals surface area (Å²) in [6.07, 6.45) is 2.53. The number of rotatable bonds is 5. The summed E-state index contributed by atoms with van der Waals surface area (Å²) in [7, 11) is 1.78. The maximum Gasteiger partial charge on any atom is 0.272 e. The van der Waals surface area contributed by atoms with E-state index in [4.69, 9.17) is 16.3 Å². The lowest BCUT2D eigenvalue weighted by molar-refractivity contribution is 0.0780. The normalized spacial score (nSPS) is 16.7. The van der Waals surface area contributed by atoms with Crippen LogP contribution in [0, 0.1) is 0 Å². The summed E-state index contributed by atoms with van der Waals surface area (Å²) >= 11 is 5.96. The number of amides is 1. The summed E-state index contributed by atoms with van der Waals surface area (Å²) in [6, 6.07) is 11.0. The molecular weight excluding hydrogens is 366 g/mol. The number of H-pyrrole nitrogens is 1. The summed E-state index contributed by atoms with van der Waals surface area (Å²) in [6.45, 7) is 1.76. The van der Waals surface area contributed by atoms with Crippen LogP contribution in [0.5, 0.6) is 5.75 Å². The van der Waals surface area contributed by atoms with Gasteiger partial charge >= 0.3 is 0 Å². The number of nitrogens with one attached hydrogen (secondary N) is 1. The molecule has 1 N–H and O–H groups in total. The number of carbonyl (C=O) groups is 1. The van der Waals surface area contributed by atoms with Gasteiger partial charge in [0, 0.05) is 37.3 Å². The highest BCUT2D eigenvalue weighted by Crippen LogP contribution is 2.27. The summed E-state index contributed by atoms with van der Waals surface area (Å²) < 4.78 is 7.35. The average Bonchev–Trinajstić information content (AvgIpc) is 3.40. The molecule has 8 heteroatoms. The molecule has 1 aliphatic heterocycles. The van der Waals surface area contributed by atoms with Gasteiger partial charge in [-0.2, -0.15) is 10.2 Å². The molecule has 7 nitrogen and oxygen atoms in total. The van der Waals surface area contributed by atoms with Gasteiger partial charge in [0.05, 0.1) is 11.4 Å². The van der Waals surface area contributed by atoms with Crippen LogP contribution in [0.2, 0.25) is 5.02 Å². The highest BCUT2D eigenvalue weighted by atomic mass is 35.5. The van der Waals surface area contributed by atoms with Gasteiger partial charge < -0.3 is 9.64 Å². The number of hydrogen-bond donors (Lipinski definition) is 1. The summed E-state index contributed by atoms with van der Waals surface area (Å²) in [5.74, 6) is 0.948. The van der Waals surface area contributed by atoms with E-state index < -0.39 is 0 Å². The first-order chi connectivity index (χ1) is 13.1. The maximum atomic E-state index is 12.6. The second kappa shape index (κ2) is 7.44. The Balaban J connectivity index is 1.36. The van der Waals surface area contributed by atoms with E-state index in [1.165, 1.54) is 0 Å². The lowest BCUT2D eigenvalue weighted by atomic mass is 10.1. The van der Waals surface area contributed by atoms with Crippen molar-refractivity contribution >= 4 is 17.5 Å². The van der Waals surface area contributed by atoms with Crippen molar-refractivity contribution in [2.75, 3.05) is 13.1 Å². The number of aryl methyl sites for hydroxylation is 1. The van der Waals surface area contributed by atoms with Gasteiger partial charge in [0.2, 0.25) is 0 Å². The number of ether oxygens (including phenoxy) is 1. The van der Waals surface area contributed by atoms with Crippen molar-refractivity contribution in [3.63, 3.8) is 0 Å². The Hall–Kier alpha value is -2.80. The van der Waals surface area contributed by atoms with Crippen LogP contribution < -0.4 is 4.74 Å². The lowest BCUT2D eigenvalue weighted by Gasteiger charge is -2.15. The number of halogens is 1. The van der Waals surface area contributed by atoms with E-state index in [1.54, 1.807) is 36.1 Å². The van der Waals surface area contributed by atoms with Gasteiger partial charge in [-0.05, 0) is 36.8 Å². The Kier molecular flexibility index (Phi) is 4.85. The van der Waals surface area contributed by atoms with E-state index in [2.05, 4.69) is 15.3 Å². The van der Waals surface area contributed by atoms with Gasteiger partial charge in [-0.3, -0.25) is 14.6 Å². The van der Waals surface area contributed by atoms with E-state index in [-0.39, 0.29) is 11.8 Å². The van der Waals surface area contributed by atoms with Crippen LogP contribution in [-0.4, -0.2) is 43.9 Å². The smallest absolute Gasteiger partial charge is 0.272 e. The van der Waals surface area contributed by atoms with Gasteiger partial charge in [0.1, 0.15) is 18.1 Å². The van der Waals surface area contributed by atoms with Crippen LogP contribution in [0.4, 0.5) is 0 Å². The molecule has 0 unspecified atom stereocenters. The molecule has 3 heterocycles. The van der Waals surface area contributed by atoms with Crippen molar-refractivity contribution in [1.29, 1.82) is 0 Å². The molecule has 0 bridgehead atoms. The van der Waals surface area contributed by atoms with Crippen LogP contribution in [0.15, 0.2) is 42.6 Å². The van der Waals surface area contributed by atoms with E-state index in [1.807, 2.05) is 23.1 Å². The number of carbonyl (C=O) groups excluding carboxylic acids is 1. The standard InChI is InChI=1S/C19H20ClN5O2/c1-24-18(5-7-21-24)19(26)25-8-6-13(11-25)17-10-15(22-23-17)12-27-16-4-2-3-14(20)9-16/h2-5,7,9-10,13H,6,8,11-12H2,1H3,(H,22,23)/t13-/m0/s1. The molecule has 2 aromatic heterocycles. The third kappa shape index (κ3) is 3.83. The zero-order chi connectivity index (χ0) is 18.8. The van der Waals surface area contributed by atoms with Gasteiger partial charge in [-0.1, -0.05) is 17.7 Å². The van der Waals surface area contributed by atoms with Gasteiger partial charge in [-0.15, -0.1) is 0 Å². The zero-order valence-corrected chi connectivity index (χ0v) is 15.7. The molecular formula is C19H20ClN5O2. The lowest BCUT2D eigenvalue weighted by Crippen LogP contribution is -2.30. The zero-order valence-electron chi connectivity index (χ0n) is 14.9. The predicted molar refractivity (Wildman–Crippen MR) is 101 cm³/mol. The number of likely N-dealkylation sites (tertiary alicyclic amines) is 1. The summed E-state index contributed by atoms with van der Waals surface area (Å²) in [4.78, 5) is 14.5. The molecule has 1 atom stereocenters. The van der Waals surface area contributed by atoms with Gasteiger partial charge in [0.15, 0.2) is 0 Å². The van der Waals surface area contributed by atoms with Crippen molar-refractivity contribution in [2.24, 2.45) is 7.05 Å². The number of nitrogens with zero attached hydrogens (tertiary/aromatic N) is 4. The quantitative estimate of drug-likeness (QED) is 0.732. The van der Waals surface area contributed by atoms with E-state index in [0.29, 0.717) is 29.6 Å².